The fourth-order valence-corrected chi connectivity index (χ4v) is 2.78. The van der Waals surface area contributed by atoms with Crippen molar-refractivity contribution in [2.24, 2.45) is 0 Å². The van der Waals surface area contributed by atoms with E-state index < -0.39 is 0 Å². The molecule has 0 aliphatic carbocycles. The van der Waals surface area contributed by atoms with Crippen molar-refractivity contribution in [3.8, 4) is 0 Å². The molecular formula is C12H15N5OS2. The predicted octanol–water partition coefficient (Wildman–Crippen LogP) is 2.55. The molecule has 0 atom stereocenters. The summed E-state index contributed by atoms with van der Waals surface area (Å²) in [5, 5.41) is 8.76. The Kier molecular flexibility index (Phi) is 5.75. The first kappa shape index (κ1) is 14.7. The van der Waals surface area contributed by atoms with Gasteiger partial charge in [-0.3, -0.25) is 5.32 Å². The summed E-state index contributed by atoms with van der Waals surface area (Å²) in [5.74, 6) is 0.862. The largest absolute Gasteiger partial charge is 0.338 e. The summed E-state index contributed by atoms with van der Waals surface area (Å²) < 4.78 is 0. The minimum absolute atomic E-state index is 0.222. The Morgan fingerprint density at radius 1 is 1.40 bits per heavy atom. The second-order valence-electron chi connectivity index (χ2n) is 3.91. The number of amides is 2. The van der Waals surface area contributed by atoms with Crippen LogP contribution in [0.15, 0.2) is 29.0 Å². The molecular weight excluding hydrogens is 294 g/mol. The van der Waals surface area contributed by atoms with Gasteiger partial charge in [-0.05, 0) is 19.4 Å². The third kappa shape index (κ3) is 5.14. The fourth-order valence-electron chi connectivity index (χ4n) is 1.35. The lowest BCUT2D eigenvalue weighted by Crippen LogP contribution is -2.29. The Morgan fingerprint density at radius 2 is 2.20 bits per heavy atom. The van der Waals surface area contributed by atoms with E-state index in [9.17, 15) is 4.79 Å². The summed E-state index contributed by atoms with van der Waals surface area (Å²) in [6, 6.07) is 1.57. The van der Waals surface area contributed by atoms with Crippen LogP contribution in [0.3, 0.4) is 0 Å². The van der Waals surface area contributed by atoms with Crippen LogP contribution in [0.2, 0.25) is 0 Å². The fraction of sp³-hybridized carbons (Fsp3) is 0.333. The number of aromatic nitrogens is 3. The molecule has 106 valence electrons. The Labute approximate surface area is 125 Å². The molecule has 0 aliphatic rings. The second-order valence-corrected chi connectivity index (χ2v) is 5.83. The molecule has 8 heteroatoms. The van der Waals surface area contributed by atoms with Crippen molar-refractivity contribution in [1.29, 1.82) is 0 Å². The number of hydrogen-bond acceptors (Lipinski definition) is 6. The maximum absolute atomic E-state index is 11.6. The molecule has 2 N–H and O–H groups in total. The van der Waals surface area contributed by atoms with E-state index in [1.807, 2.05) is 12.3 Å². The highest BCUT2D eigenvalue weighted by Gasteiger charge is 2.04. The van der Waals surface area contributed by atoms with E-state index in [1.165, 1.54) is 11.3 Å². The number of thiazole rings is 1. The van der Waals surface area contributed by atoms with Gasteiger partial charge in [0.15, 0.2) is 10.3 Å². The first-order chi connectivity index (χ1) is 9.74. The van der Waals surface area contributed by atoms with Crippen molar-refractivity contribution in [1.82, 2.24) is 20.3 Å². The van der Waals surface area contributed by atoms with Gasteiger partial charge in [0, 0.05) is 30.1 Å². The van der Waals surface area contributed by atoms with Gasteiger partial charge >= 0.3 is 6.03 Å². The molecule has 0 aromatic carbocycles. The van der Waals surface area contributed by atoms with E-state index >= 15 is 0 Å². The predicted molar refractivity (Wildman–Crippen MR) is 81.2 cm³/mol. The maximum Gasteiger partial charge on any atom is 0.321 e. The van der Waals surface area contributed by atoms with Crippen LogP contribution in [-0.2, 0) is 0 Å². The molecule has 0 unspecified atom stereocenters. The number of rotatable bonds is 6. The number of aryl methyl sites for hydroxylation is 1. The Hall–Kier alpha value is -1.67. The van der Waals surface area contributed by atoms with Gasteiger partial charge in [-0.15, -0.1) is 11.3 Å². The molecule has 2 aromatic rings. The van der Waals surface area contributed by atoms with E-state index in [2.05, 4.69) is 25.6 Å². The summed E-state index contributed by atoms with van der Waals surface area (Å²) in [6.45, 7) is 2.50. The number of anilines is 1. The van der Waals surface area contributed by atoms with E-state index in [1.54, 1.807) is 30.2 Å². The van der Waals surface area contributed by atoms with Crippen molar-refractivity contribution in [2.45, 2.75) is 18.5 Å². The number of hydrogen-bond donors (Lipinski definition) is 2. The van der Waals surface area contributed by atoms with Gasteiger partial charge in [-0.2, -0.15) is 0 Å². The van der Waals surface area contributed by atoms with Crippen molar-refractivity contribution < 1.29 is 4.79 Å². The lowest BCUT2D eigenvalue weighted by molar-refractivity contribution is 0.252. The van der Waals surface area contributed by atoms with Crippen LogP contribution in [-0.4, -0.2) is 33.3 Å². The van der Waals surface area contributed by atoms with E-state index in [0.29, 0.717) is 11.7 Å². The molecule has 0 spiro atoms. The van der Waals surface area contributed by atoms with Gasteiger partial charge in [0.1, 0.15) is 0 Å². The zero-order valence-electron chi connectivity index (χ0n) is 11.0. The lowest BCUT2D eigenvalue weighted by atomic mass is 10.5. The molecule has 2 aromatic heterocycles. The number of nitrogens with one attached hydrogen (secondary N) is 2. The second kappa shape index (κ2) is 7.81. The van der Waals surface area contributed by atoms with E-state index in [-0.39, 0.29) is 6.03 Å². The molecule has 2 amide bonds. The van der Waals surface area contributed by atoms with Gasteiger partial charge < -0.3 is 5.32 Å². The summed E-state index contributed by atoms with van der Waals surface area (Å²) in [6.07, 6.45) is 4.29. The third-order valence-corrected chi connectivity index (χ3v) is 4.06. The number of carbonyl (C=O) groups excluding carboxylic acids is 1. The van der Waals surface area contributed by atoms with Gasteiger partial charge in [-0.1, -0.05) is 11.8 Å². The maximum atomic E-state index is 11.6. The molecule has 0 aliphatic heterocycles. The monoisotopic (exact) mass is 309 g/mol. The molecule has 6 nitrogen and oxygen atoms in total. The topological polar surface area (TPSA) is 79.8 Å². The normalized spacial score (nSPS) is 10.2. The van der Waals surface area contributed by atoms with Crippen molar-refractivity contribution in [3.05, 3.63) is 29.5 Å². The van der Waals surface area contributed by atoms with E-state index in [0.717, 1.165) is 23.0 Å². The van der Waals surface area contributed by atoms with Crippen LogP contribution in [0.4, 0.5) is 9.93 Å². The molecule has 0 bridgehead atoms. The minimum atomic E-state index is -0.222. The number of carbonyl (C=O) groups is 1. The zero-order valence-corrected chi connectivity index (χ0v) is 12.6. The smallest absolute Gasteiger partial charge is 0.321 e. The summed E-state index contributed by atoms with van der Waals surface area (Å²) in [5.41, 5.74) is 0.907. The molecule has 0 saturated carbocycles. The molecule has 20 heavy (non-hydrogen) atoms. The summed E-state index contributed by atoms with van der Waals surface area (Å²) in [4.78, 5) is 24.0. The van der Waals surface area contributed by atoms with Crippen molar-refractivity contribution in [2.75, 3.05) is 17.6 Å². The lowest BCUT2D eigenvalue weighted by Gasteiger charge is -2.04. The van der Waals surface area contributed by atoms with Gasteiger partial charge in [0.05, 0.1) is 5.69 Å². The van der Waals surface area contributed by atoms with Crippen LogP contribution >= 0.6 is 23.1 Å². The van der Waals surface area contributed by atoms with Gasteiger partial charge in [0.2, 0.25) is 0 Å². The molecule has 0 radical (unpaired) electrons. The number of urea groups is 1. The van der Waals surface area contributed by atoms with Gasteiger partial charge in [-0.25, -0.2) is 19.7 Å². The van der Waals surface area contributed by atoms with Gasteiger partial charge in [0.25, 0.3) is 0 Å². The Bertz CT molecular complexity index is 546. The first-order valence-corrected chi connectivity index (χ1v) is 7.97. The summed E-state index contributed by atoms with van der Waals surface area (Å²) in [7, 11) is 0. The van der Waals surface area contributed by atoms with Crippen LogP contribution in [0.25, 0.3) is 0 Å². The average molecular weight is 309 g/mol. The van der Waals surface area contributed by atoms with Crippen molar-refractivity contribution in [3.63, 3.8) is 0 Å². The molecule has 2 rings (SSSR count). The van der Waals surface area contributed by atoms with Crippen LogP contribution in [0.1, 0.15) is 12.1 Å². The van der Waals surface area contributed by atoms with E-state index in [4.69, 9.17) is 0 Å². The highest BCUT2D eigenvalue weighted by atomic mass is 32.2. The minimum Gasteiger partial charge on any atom is -0.338 e. The number of nitrogens with zero attached hydrogens (tertiary/aromatic N) is 3. The SMILES string of the molecule is Cc1csc(NC(=O)NCCCSc2ncccn2)n1. The van der Waals surface area contributed by atoms with Crippen molar-refractivity contribution >= 4 is 34.3 Å². The Morgan fingerprint density at radius 3 is 2.90 bits per heavy atom. The first-order valence-electron chi connectivity index (χ1n) is 6.11. The molecule has 2 heterocycles. The third-order valence-electron chi connectivity index (χ3n) is 2.22. The summed E-state index contributed by atoms with van der Waals surface area (Å²) >= 11 is 2.99. The standard InChI is InChI=1S/C12H15N5OS2/c1-9-8-20-12(16-9)17-10(18)13-6-3-7-19-11-14-4-2-5-15-11/h2,4-5,8H,3,6-7H2,1H3,(H2,13,16,17,18). The Balaban J connectivity index is 1.58. The van der Waals surface area contributed by atoms with Crippen LogP contribution < -0.4 is 10.6 Å². The molecule has 0 fully saturated rings. The number of thioether (sulfide) groups is 1. The van der Waals surface area contributed by atoms with Crippen LogP contribution in [0.5, 0.6) is 0 Å². The highest BCUT2D eigenvalue weighted by molar-refractivity contribution is 7.99. The highest BCUT2D eigenvalue weighted by Crippen LogP contribution is 2.14. The quantitative estimate of drug-likeness (QED) is 0.487. The zero-order chi connectivity index (χ0) is 14.2. The molecule has 0 saturated heterocycles. The average Bonchev–Trinajstić information content (AvgIpc) is 2.85. The van der Waals surface area contributed by atoms with Crippen LogP contribution in [0, 0.1) is 6.92 Å².